The lowest BCUT2D eigenvalue weighted by Crippen LogP contribution is -2.05. The number of hydrogen-bond acceptors (Lipinski definition) is 6. The third-order valence-corrected chi connectivity index (χ3v) is 4.53. The van der Waals surface area contributed by atoms with Gasteiger partial charge in [-0.3, -0.25) is 9.36 Å². The predicted octanol–water partition coefficient (Wildman–Crippen LogP) is 4.14. The molecule has 4 aromatic rings. The molecule has 8 heteroatoms. The molecule has 0 bridgehead atoms. The van der Waals surface area contributed by atoms with Gasteiger partial charge in [0.1, 0.15) is 17.7 Å². The first-order valence-corrected chi connectivity index (χ1v) is 9.27. The van der Waals surface area contributed by atoms with E-state index in [1.807, 2.05) is 53.1 Å². The van der Waals surface area contributed by atoms with Crippen LogP contribution in [-0.4, -0.2) is 34.7 Å². The second-order valence-corrected chi connectivity index (χ2v) is 6.60. The third-order valence-electron chi connectivity index (χ3n) is 4.53. The molecule has 0 fully saturated rings. The molecule has 2 aromatic carbocycles. The molecule has 152 valence electrons. The Labute approximate surface area is 173 Å². The van der Waals surface area contributed by atoms with Crippen LogP contribution in [0.15, 0.2) is 61.1 Å². The van der Waals surface area contributed by atoms with Crippen molar-refractivity contribution in [2.45, 2.75) is 6.92 Å². The highest BCUT2D eigenvalue weighted by Gasteiger charge is 2.10. The average molecular weight is 403 g/mol. The van der Waals surface area contributed by atoms with Crippen molar-refractivity contribution in [3.63, 3.8) is 0 Å². The quantitative estimate of drug-likeness (QED) is 0.503. The number of anilines is 3. The number of imidazole rings is 1. The summed E-state index contributed by atoms with van der Waals surface area (Å²) in [5, 5.41) is 6.04. The maximum Gasteiger partial charge on any atom is 0.221 e. The van der Waals surface area contributed by atoms with E-state index in [1.54, 1.807) is 26.7 Å². The first-order chi connectivity index (χ1) is 14.6. The lowest BCUT2D eigenvalue weighted by atomic mass is 10.2. The standard InChI is InChI=1S/C22H21N5O3/c1-14(28)25-15-5-4-6-16(9-15)26-22-11-19-18(12-23-22)24-13-27(19)17-7-8-20(29-2)21(10-17)30-3/h4-13H,1-3H3,(H,23,26)(H,25,28). The summed E-state index contributed by atoms with van der Waals surface area (Å²) in [7, 11) is 3.21. The Kier molecular flexibility index (Phi) is 5.21. The number of amides is 1. The predicted molar refractivity (Wildman–Crippen MR) is 116 cm³/mol. The number of methoxy groups -OCH3 is 2. The molecule has 0 spiro atoms. The maximum absolute atomic E-state index is 11.3. The molecule has 2 N–H and O–H groups in total. The van der Waals surface area contributed by atoms with Crippen molar-refractivity contribution in [3.05, 3.63) is 61.1 Å². The number of fused-ring (bicyclic) bond motifs is 1. The van der Waals surface area contributed by atoms with Crippen LogP contribution in [0.1, 0.15) is 6.92 Å². The minimum atomic E-state index is -0.120. The summed E-state index contributed by atoms with van der Waals surface area (Å²) in [6.07, 6.45) is 3.46. The van der Waals surface area contributed by atoms with E-state index in [1.165, 1.54) is 6.92 Å². The summed E-state index contributed by atoms with van der Waals surface area (Å²) >= 11 is 0. The fourth-order valence-corrected chi connectivity index (χ4v) is 3.19. The SMILES string of the molecule is COc1ccc(-n2cnc3cnc(Nc4cccc(NC(C)=O)c4)cc32)cc1OC. The van der Waals surface area contributed by atoms with Gasteiger partial charge in [-0.2, -0.15) is 0 Å². The molecular formula is C22H21N5O3. The first kappa shape index (κ1) is 19.3. The molecule has 0 aliphatic carbocycles. The smallest absolute Gasteiger partial charge is 0.221 e. The van der Waals surface area contributed by atoms with Gasteiger partial charge in [-0.1, -0.05) is 6.07 Å². The number of aromatic nitrogens is 3. The monoisotopic (exact) mass is 403 g/mol. The Morgan fingerprint density at radius 1 is 0.967 bits per heavy atom. The van der Waals surface area contributed by atoms with Gasteiger partial charge in [0.25, 0.3) is 0 Å². The van der Waals surface area contributed by atoms with Crippen LogP contribution in [0.5, 0.6) is 11.5 Å². The fourth-order valence-electron chi connectivity index (χ4n) is 3.19. The van der Waals surface area contributed by atoms with Crippen molar-refractivity contribution < 1.29 is 14.3 Å². The van der Waals surface area contributed by atoms with Crippen molar-refractivity contribution in [3.8, 4) is 17.2 Å². The van der Waals surface area contributed by atoms with Gasteiger partial charge in [0.05, 0.1) is 31.6 Å². The zero-order chi connectivity index (χ0) is 21.1. The number of carbonyl (C=O) groups is 1. The number of ether oxygens (including phenoxy) is 2. The van der Waals surface area contributed by atoms with Crippen molar-refractivity contribution in [2.75, 3.05) is 24.9 Å². The topological polar surface area (TPSA) is 90.3 Å². The molecule has 8 nitrogen and oxygen atoms in total. The summed E-state index contributed by atoms with van der Waals surface area (Å²) in [5.74, 6) is 1.84. The summed E-state index contributed by atoms with van der Waals surface area (Å²) in [6.45, 7) is 1.48. The van der Waals surface area contributed by atoms with E-state index in [0.29, 0.717) is 23.0 Å². The highest BCUT2D eigenvalue weighted by Crippen LogP contribution is 2.31. The largest absolute Gasteiger partial charge is 0.493 e. The van der Waals surface area contributed by atoms with Crippen LogP contribution >= 0.6 is 0 Å². The van der Waals surface area contributed by atoms with E-state index in [2.05, 4.69) is 20.6 Å². The van der Waals surface area contributed by atoms with E-state index in [-0.39, 0.29) is 5.91 Å². The van der Waals surface area contributed by atoms with E-state index in [4.69, 9.17) is 9.47 Å². The van der Waals surface area contributed by atoms with Crippen LogP contribution in [0.25, 0.3) is 16.7 Å². The molecule has 0 saturated heterocycles. The summed E-state index contributed by atoms with van der Waals surface area (Å²) < 4.78 is 12.7. The Hall–Kier alpha value is -4.07. The van der Waals surface area contributed by atoms with Crippen molar-refractivity contribution in [1.82, 2.24) is 14.5 Å². The van der Waals surface area contributed by atoms with Crippen LogP contribution in [0.2, 0.25) is 0 Å². The van der Waals surface area contributed by atoms with E-state index < -0.39 is 0 Å². The molecule has 0 unspecified atom stereocenters. The number of benzene rings is 2. The van der Waals surface area contributed by atoms with Crippen molar-refractivity contribution in [1.29, 1.82) is 0 Å². The summed E-state index contributed by atoms with van der Waals surface area (Å²) in [4.78, 5) is 20.2. The molecule has 2 aromatic heterocycles. The second-order valence-electron chi connectivity index (χ2n) is 6.60. The van der Waals surface area contributed by atoms with Gasteiger partial charge in [-0.15, -0.1) is 0 Å². The first-order valence-electron chi connectivity index (χ1n) is 9.27. The zero-order valence-electron chi connectivity index (χ0n) is 16.8. The lowest BCUT2D eigenvalue weighted by molar-refractivity contribution is -0.114. The van der Waals surface area contributed by atoms with Crippen molar-refractivity contribution in [2.24, 2.45) is 0 Å². The molecule has 0 radical (unpaired) electrons. The maximum atomic E-state index is 11.3. The molecular weight excluding hydrogens is 382 g/mol. The minimum absolute atomic E-state index is 0.120. The van der Waals surface area contributed by atoms with Crippen LogP contribution in [0.3, 0.4) is 0 Å². The van der Waals surface area contributed by atoms with Gasteiger partial charge < -0.3 is 20.1 Å². The summed E-state index contributed by atoms with van der Waals surface area (Å²) in [6, 6.07) is 15.0. The van der Waals surface area contributed by atoms with Gasteiger partial charge in [-0.25, -0.2) is 9.97 Å². The second kappa shape index (κ2) is 8.12. The Balaban J connectivity index is 1.68. The minimum Gasteiger partial charge on any atom is -0.493 e. The molecule has 2 heterocycles. The number of pyridine rings is 1. The van der Waals surface area contributed by atoms with Gasteiger partial charge >= 0.3 is 0 Å². The zero-order valence-corrected chi connectivity index (χ0v) is 16.8. The highest BCUT2D eigenvalue weighted by atomic mass is 16.5. The number of nitrogens with one attached hydrogen (secondary N) is 2. The lowest BCUT2D eigenvalue weighted by Gasteiger charge is -2.11. The number of nitrogens with zero attached hydrogens (tertiary/aromatic N) is 3. The normalized spacial score (nSPS) is 10.6. The van der Waals surface area contributed by atoms with E-state index >= 15 is 0 Å². The summed E-state index contributed by atoms with van der Waals surface area (Å²) in [5.41, 5.74) is 4.06. The number of rotatable bonds is 6. The number of carbonyl (C=O) groups excluding carboxylic acids is 1. The van der Waals surface area contributed by atoms with Gasteiger partial charge in [0, 0.05) is 30.4 Å². The van der Waals surface area contributed by atoms with Crippen molar-refractivity contribution >= 4 is 34.1 Å². The molecule has 0 saturated carbocycles. The van der Waals surface area contributed by atoms with Gasteiger partial charge in [0.2, 0.25) is 5.91 Å². The Morgan fingerprint density at radius 3 is 2.53 bits per heavy atom. The molecule has 0 aliphatic heterocycles. The number of hydrogen-bond donors (Lipinski definition) is 2. The van der Waals surface area contributed by atoms with Crippen LogP contribution in [0.4, 0.5) is 17.2 Å². The molecule has 4 rings (SSSR count). The molecule has 1 amide bonds. The third kappa shape index (κ3) is 3.88. The van der Waals surface area contributed by atoms with E-state index in [9.17, 15) is 4.79 Å². The van der Waals surface area contributed by atoms with Gasteiger partial charge in [0.15, 0.2) is 11.5 Å². The van der Waals surface area contributed by atoms with Crippen LogP contribution < -0.4 is 20.1 Å². The van der Waals surface area contributed by atoms with Crippen LogP contribution in [0, 0.1) is 0 Å². The van der Waals surface area contributed by atoms with Crippen LogP contribution in [-0.2, 0) is 4.79 Å². The Bertz CT molecular complexity index is 1220. The average Bonchev–Trinajstić information content (AvgIpc) is 3.16. The Morgan fingerprint density at radius 2 is 1.77 bits per heavy atom. The van der Waals surface area contributed by atoms with E-state index in [0.717, 1.165) is 22.4 Å². The molecule has 30 heavy (non-hydrogen) atoms. The highest BCUT2D eigenvalue weighted by molar-refractivity contribution is 5.89. The molecule has 0 aliphatic rings. The van der Waals surface area contributed by atoms with Gasteiger partial charge in [-0.05, 0) is 30.3 Å². The fraction of sp³-hybridized carbons (Fsp3) is 0.136. The molecule has 0 atom stereocenters.